The Hall–Kier alpha value is -4.16. The zero-order valence-electron chi connectivity index (χ0n) is 19.3. The second-order valence-corrected chi connectivity index (χ2v) is 9.91. The van der Waals surface area contributed by atoms with Gasteiger partial charge in [-0.05, 0) is 59.9 Å². The quantitative estimate of drug-likeness (QED) is 0.240. The molecule has 176 valence electrons. The van der Waals surface area contributed by atoms with E-state index in [4.69, 9.17) is 11.6 Å². The van der Waals surface area contributed by atoms with Crippen molar-refractivity contribution < 1.29 is 9.59 Å². The first-order valence-corrected chi connectivity index (χ1v) is 12.2. The van der Waals surface area contributed by atoms with E-state index in [0.29, 0.717) is 40.9 Å². The third-order valence-corrected chi connectivity index (χ3v) is 7.35. The first-order chi connectivity index (χ1) is 17.5. The van der Waals surface area contributed by atoms with Gasteiger partial charge in [0.05, 0.1) is 13.1 Å². The van der Waals surface area contributed by atoms with Gasteiger partial charge in [0.2, 0.25) is 0 Å². The number of carbonyl (C=O) groups excluding carboxylic acids is 2. The van der Waals surface area contributed by atoms with E-state index in [1.54, 1.807) is 29.4 Å². The molecule has 6 rings (SSSR count). The average molecular weight is 539 g/mol. The molecule has 0 N–H and O–H groups in total. The topological polar surface area (TPSA) is 85.3 Å². The molecular weight excluding hydrogens is 520 g/mol. The molecule has 36 heavy (non-hydrogen) atoms. The molecule has 0 atom stereocenters. The molecule has 0 spiro atoms. The summed E-state index contributed by atoms with van der Waals surface area (Å²) in [5.74, 6) is 1.39. The molecule has 1 aliphatic heterocycles. The summed E-state index contributed by atoms with van der Waals surface area (Å²) in [5, 5.41) is 8.30. The summed E-state index contributed by atoms with van der Waals surface area (Å²) in [6.45, 7) is 7.84. The van der Waals surface area contributed by atoms with E-state index in [0.717, 1.165) is 51.5 Å². The van der Waals surface area contributed by atoms with Crippen molar-refractivity contribution >= 4 is 39.6 Å². The van der Waals surface area contributed by atoms with E-state index < -0.39 is 0 Å². The summed E-state index contributed by atoms with van der Waals surface area (Å²) in [6, 6.07) is 12.9. The van der Waals surface area contributed by atoms with Crippen molar-refractivity contribution in [3.63, 3.8) is 0 Å². The molecule has 2 aromatic heterocycles. The number of pyridine rings is 1. The summed E-state index contributed by atoms with van der Waals surface area (Å²) in [5.41, 5.74) is 5.82. The van der Waals surface area contributed by atoms with Crippen molar-refractivity contribution in [3.05, 3.63) is 87.1 Å². The van der Waals surface area contributed by atoms with E-state index in [1.807, 2.05) is 29.8 Å². The summed E-state index contributed by atoms with van der Waals surface area (Å²) in [7, 11) is 1.86. The smallest absolute Gasteiger partial charge is 0.260 e. The highest BCUT2D eigenvalue weighted by Gasteiger charge is 2.33. The fourth-order valence-electron chi connectivity index (χ4n) is 4.62. The lowest BCUT2D eigenvalue weighted by atomic mass is 9.97. The monoisotopic (exact) mass is 538 g/mol. The van der Waals surface area contributed by atoms with Gasteiger partial charge in [-0.1, -0.05) is 28.1 Å². The van der Waals surface area contributed by atoms with Crippen LogP contribution in [0.25, 0.3) is 27.4 Å². The highest BCUT2D eigenvalue weighted by Crippen LogP contribution is 2.44. The van der Waals surface area contributed by atoms with Gasteiger partial charge in [0.1, 0.15) is 18.4 Å². The number of aromatic nitrogens is 4. The first-order valence-electron chi connectivity index (χ1n) is 11.4. The van der Waals surface area contributed by atoms with Crippen molar-refractivity contribution in [3.8, 4) is 22.5 Å². The number of anilines is 1. The van der Waals surface area contributed by atoms with Crippen LogP contribution in [0.5, 0.6) is 0 Å². The summed E-state index contributed by atoms with van der Waals surface area (Å²) in [6.07, 6.45) is 4.49. The van der Waals surface area contributed by atoms with Crippen LogP contribution in [0.3, 0.4) is 0 Å². The third kappa shape index (κ3) is 3.71. The van der Waals surface area contributed by atoms with Gasteiger partial charge in [0, 0.05) is 39.8 Å². The Morgan fingerprint density at radius 2 is 1.94 bits per heavy atom. The maximum Gasteiger partial charge on any atom is 0.260 e. The molecule has 0 unspecified atom stereocenters. The molecule has 2 aliphatic rings. The van der Waals surface area contributed by atoms with Crippen LogP contribution in [0.4, 0.5) is 11.5 Å². The number of rotatable bonds is 5. The number of fused-ring (bicyclic) bond motifs is 1. The molecule has 1 saturated carbocycles. The van der Waals surface area contributed by atoms with Crippen LogP contribution in [0, 0.1) is 6.57 Å². The number of amides is 1. The lowest BCUT2D eigenvalue weighted by Gasteiger charge is -2.18. The Labute approximate surface area is 215 Å². The fraction of sp³-hybridized carbons (Fsp3) is 0.185. The highest BCUT2D eigenvalue weighted by molar-refractivity contribution is 9.10. The molecule has 0 radical (unpaired) electrons. The predicted octanol–water partition coefficient (Wildman–Crippen LogP) is 5.71. The fourth-order valence-corrected chi connectivity index (χ4v) is 5.23. The van der Waals surface area contributed by atoms with Crippen LogP contribution in [0.15, 0.2) is 53.3 Å². The first kappa shape index (κ1) is 22.3. The van der Waals surface area contributed by atoms with Crippen LogP contribution in [0.1, 0.15) is 50.7 Å². The second kappa shape index (κ2) is 8.50. The number of aryl methyl sites for hydroxylation is 1. The molecule has 4 aromatic rings. The molecule has 3 heterocycles. The zero-order chi connectivity index (χ0) is 25.0. The SMILES string of the molecule is [C-]#[N+]c1ccc(-c2cc(C3CC3)nc(N3Cc4c(Br)cc(C=O)cc4C3=O)c2)c(-c2nncn2C)c1. The van der Waals surface area contributed by atoms with Gasteiger partial charge in [0.25, 0.3) is 5.91 Å². The van der Waals surface area contributed by atoms with E-state index in [1.165, 1.54) is 0 Å². The lowest BCUT2D eigenvalue weighted by Crippen LogP contribution is -2.24. The van der Waals surface area contributed by atoms with Crippen LogP contribution >= 0.6 is 15.9 Å². The van der Waals surface area contributed by atoms with Gasteiger partial charge in [-0.3, -0.25) is 14.5 Å². The number of benzene rings is 2. The molecule has 1 amide bonds. The van der Waals surface area contributed by atoms with Crippen LogP contribution in [-0.2, 0) is 13.6 Å². The number of halogens is 1. The largest absolute Gasteiger partial charge is 0.317 e. The molecule has 1 aliphatic carbocycles. The normalized spacial score (nSPS) is 14.6. The summed E-state index contributed by atoms with van der Waals surface area (Å²) in [4.78, 5) is 34.9. The molecule has 9 heteroatoms. The molecule has 0 saturated heterocycles. The Bertz CT molecular complexity index is 1620. The maximum absolute atomic E-state index is 13.4. The Balaban J connectivity index is 1.50. The standard InChI is InChI=1S/C27H19BrN6O2/c1-29-18-5-6-19(20(11-18)26-32-30-14-33(26)2)17-9-24(16-3-4-16)31-25(10-17)34-12-22-21(27(34)36)7-15(13-35)8-23(22)28/h5-11,13-14,16H,3-4,12H2,2H3. The van der Waals surface area contributed by atoms with Crippen molar-refractivity contribution in [2.24, 2.45) is 7.05 Å². The number of hydrogen-bond acceptors (Lipinski definition) is 5. The van der Waals surface area contributed by atoms with Crippen molar-refractivity contribution in [1.29, 1.82) is 0 Å². The van der Waals surface area contributed by atoms with Crippen LogP contribution < -0.4 is 4.90 Å². The number of hydrogen-bond donors (Lipinski definition) is 0. The van der Waals surface area contributed by atoms with Gasteiger partial charge in [-0.2, -0.15) is 0 Å². The predicted molar refractivity (Wildman–Crippen MR) is 138 cm³/mol. The van der Waals surface area contributed by atoms with Crippen molar-refractivity contribution in [2.75, 3.05) is 4.90 Å². The molecule has 2 aromatic carbocycles. The minimum atomic E-state index is -0.183. The van der Waals surface area contributed by atoms with E-state index >= 15 is 0 Å². The molecular formula is C27H19BrN6O2. The number of aldehydes is 1. The van der Waals surface area contributed by atoms with Gasteiger partial charge in [-0.15, -0.1) is 10.2 Å². The van der Waals surface area contributed by atoms with Crippen molar-refractivity contribution in [2.45, 2.75) is 25.3 Å². The molecule has 1 fully saturated rings. The molecule has 8 nitrogen and oxygen atoms in total. The Morgan fingerprint density at radius 1 is 1.11 bits per heavy atom. The molecule has 0 bridgehead atoms. The zero-order valence-corrected chi connectivity index (χ0v) is 20.9. The van der Waals surface area contributed by atoms with E-state index in [-0.39, 0.29) is 5.91 Å². The van der Waals surface area contributed by atoms with E-state index in [9.17, 15) is 9.59 Å². The van der Waals surface area contributed by atoms with Gasteiger partial charge in [0.15, 0.2) is 11.5 Å². The van der Waals surface area contributed by atoms with Crippen molar-refractivity contribution in [1.82, 2.24) is 19.7 Å². The highest BCUT2D eigenvalue weighted by atomic mass is 79.9. The lowest BCUT2D eigenvalue weighted by molar-refractivity contribution is 0.0996. The second-order valence-electron chi connectivity index (χ2n) is 9.06. The van der Waals surface area contributed by atoms with Gasteiger partial charge >= 0.3 is 0 Å². The van der Waals surface area contributed by atoms with Gasteiger partial charge < -0.3 is 4.57 Å². The van der Waals surface area contributed by atoms with Crippen LogP contribution in [-0.4, -0.2) is 31.9 Å². The average Bonchev–Trinajstić information content (AvgIpc) is 3.58. The number of nitrogens with zero attached hydrogens (tertiary/aromatic N) is 6. The Kier molecular flexibility index (Phi) is 5.27. The minimum Gasteiger partial charge on any atom is -0.317 e. The summed E-state index contributed by atoms with van der Waals surface area (Å²) < 4.78 is 2.55. The number of carbonyl (C=O) groups is 2. The van der Waals surface area contributed by atoms with E-state index in [2.05, 4.69) is 37.0 Å². The minimum absolute atomic E-state index is 0.183. The maximum atomic E-state index is 13.4. The Morgan fingerprint density at radius 3 is 2.64 bits per heavy atom. The van der Waals surface area contributed by atoms with Gasteiger partial charge in [-0.25, -0.2) is 9.83 Å². The third-order valence-electron chi connectivity index (χ3n) is 6.65. The summed E-state index contributed by atoms with van der Waals surface area (Å²) >= 11 is 3.52. The van der Waals surface area contributed by atoms with Crippen LogP contribution in [0.2, 0.25) is 0 Å².